The van der Waals surface area contributed by atoms with E-state index in [1.165, 1.54) is 6.20 Å². The maximum Gasteiger partial charge on any atom is 0.145 e. The summed E-state index contributed by atoms with van der Waals surface area (Å²) in [6, 6.07) is 1.98. The van der Waals surface area contributed by atoms with Gasteiger partial charge in [-0.3, -0.25) is 4.98 Å². The Morgan fingerprint density at radius 1 is 1.62 bits per heavy atom. The smallest absolute Gasteiger partial charge is 0.145 e. The van der Waals surface area contributed by atoms with Gasteiger partial charge in [-0.2, -0.15) is 0 Å². The Bertz CT molecular complexity index is 368. The largest absolute Gasteiger partial charge is 0.374 e. The molecular weight excluding hydrogens is 207 g/mol. The Balaban J connectivity index is 1.95. The van der Waals surface area contributed by atoms with Crippen molar-refractivity contribution in [2.24, 2.45) is 0 Å². The molecule has 1 aromatic heterocycles. The summed E-state index contributed by atoms with van der Waals surface area (Å²) in [7, 11) is 0. The molecule has 1 N–H and O–H groups in total. The zero-order valence-electron chi connectivity index (χ0n) is 9.66. The summed E-state index contributed by atoms with van der Waals surface area (Å²) in [6.07, 6.45) is 3.82. The highest BCUT2D eigenvalue weighted by atomic mass is 19.1. The average molecular weight is 224 g/mol. The highest BCUT2D eigenvalue weighted by Crippen LogP contribution is 2.25. The van der Waals surface area contributed by atoms with Gasteiger partial charge in [-0.15, -0.1) is 0 Å². The second-order valence-electron chi connectivity index (χ2n) is 4.64. The first-order valence-corrected chi connectivity index (χ1v) is 5.55. The highest BCUT2D eigenvalue weighted by Gasteiger charge is 2.35. The highest BCUT2D eigenvalue weighted by molar-refractivity contribution is 5.12. The third-order valence-corrected chi connectivity index (χ3v) is 3.12. The molecule has 16 heavy (non-hydrogen) atoms. The Kier molecular flexibility index (Phi) is 3.21. The topological polar surface area (TPSA) is 34.1 Å². The number of nitrogens with zero attached hydrogens (tertiary/aromatic N) is 1. The Hall–Kier alpha value is -1.00. The van der Waals surface area contributed by atoms with E-state index in [0.717, 1.165) is 13.0 Å². The minimum Gasteiger partial charge on any atom is -0.374 e. The van der Waals surface area contributed by atoms with Crippen LogP contribution in [0.4, 0.5) is 4.39 Å². The van der Waals surface area contributed by atoms with Crippen molar-refractivity contribution < 1.29 is 9.13 Å². The molecule has 3 nitrogen and oxygen atoms in total. The monoisotopic (exact) mass is 224 g/mol. The maximum absolute atomic E-state index is 13.3. The van der Waals surface area contributed by atoms with Gasteiger partial charge in [0, 0.05) is 31.0 Å². The quantitative estimate of drug-likeness (QED) is 0.851. The molecular formula is C12H17FN2O. The van der Waals surface area contributed by atoms with Crippen molar-refractivity contribution in [1.82, 2.24) is 10.3 Å². The SMILES string of the molecule is CC1(C)OCC[C@H]1NCc1ccncc1F. The van der Waals surface area contributed by atoms with Gasteiger partial charge in [0.25, 0.3) is 0 Å². The van der Waals surface area contributed by atoms with Gasteiger partial charge >= 0.3 is 0 Å². The molecule has 4 heteroatoms. The summed E-state index contributed by atoms with van der Waals surface area (Å²) < 4.78 is 18.9. The fourth-order valence-electron chi connectivity index (χ4n) is 2.02. The van der Waals surface area contributed by atoms with Gasteiger partial charge < -0.3 is 10.1 Å². The lowest BCUT2D eigenvalue weighted by atomic mass is 9.99. The van der Waals surface area contributed by atoms with Crippen LogP contribution in [0.15, 0.2) is 18.5 Å². The molecule has 1 aliphatic heterocycles. The van der Waals surface area contributed by atoms with E-state index >= 15 is 0 Å². The number of halogens is 1. The van der Waals surface area contributed by atoms with Crippen molar-refractivity contribution >= 4 is 0 Å². The summed E-state index contributed by atoms with van der Waals surface area (Å²) in [5.41, 5.74) is 0.487. The second-order valence-corrected chi connectivity index (χ2v) is 4.64. The molecule has 0 unspecified atom stereocenters. The predicted molar refractivity (Wildman–Crippen MR) is 59.5 cm³/mol. The van der Waals surface area contributed by atoms with Crippen LogP contribution in [0.1, 0.15) is 25.8 Å². The van der Waals surface area contributed by atoms with E-state index in [-0.39, 0.29) is 17.5 Å². The van der Waals surface area contributed by atoms with Gasteiger partial charge in [-0.05, 0) is 26.3 Å². The second kappa shape index (κ2) is 4.47. The van der Waals surface area contributed by atoms with Gasteiger partial charge in [0.05, 0.1) is 11.8 Å². The van der Waals surface area contributed by atoms with Crippen molar-refractivity contribution in [2.45, 2.75) is 38.5 Å². The van der Waals surface area contributed by atoms with Crippen LogP contribution < -0.4 is 5.32 Å². The van der Waals surface area contributed by atoms with E-state index in [4.69, 9.17) is 4.74 Å². The molecule has 0 amide bonds. The molecule has 88 valence electrons. The number of aromatic nitrogens is 1. The summed E-state index contributed by atoms with van der Waals surface area (Å²) >= 11 is 0. The lowest BCUT2D eigenvalue weighted by molar-refractivity contribution is 0.0213. The Morgan fingerprint density at radius 2 is 2.44 bits per heavy atom. The molecule has 0 spiro atoms. The number of hydrogen-bond acceptors (Lipinski definition) is 3. The van der Waals surface area contributed by atoms with Gasteiger partial charge in [-0.25, -0.2) is 4.39 Å². The molecule has 1 atom stereocenters. The molecule has 1 aromatic rings. The van der Waals surface area contributed by atoms with E-state index in [9.17, 15) is 4.39 Å². The lowest BCUT2D eigenvalue weighted by Gasteiger charge is -2.26. The zero-order valence-corrected chi connectivity index (χ0v) is 9.66. The van der Waals surface area contributed by atoms with E-state index in [1.807, 2.05) is 0 Å². The number of ether oxygens (including phenoxy) is 1. The molecule has 2 heterocycles. The van der Waals surface area contributed by atoms with Crippen molar-refractivity contribution in [3.05, 3.63) is 29.8 Å². The van der Waals surface area contributed by atoms with Gasteiger partial charge in [0.15, 0.2) is 0 Å². The molecule has 1 saturated heterocycles. The summed E-state index contributed by atoms with van der Waals surface area (Å²) in [5.74, 6) is -0.258. The molecule has 0 bridgehead atoms. The Morgan fingerprint density at radius 3 is 3.06 bits per heavy atom. The molecule has 0 aliphatic carbocycles. The number of hydrogen-bond donors (Lipinski definition) is 1. The predicted octanol–water partition coefficient (Wildman–Crippen LogP) is 1.88. The molecule has 0 radical (unpaired) electrons. The third-order valence-electron chi connectivity index (χ3n) is 3.12. The molecule has 2 rings (SSSR count). The van der Waals surface area contributed by atoms with Gasteiger partial charge in [-0.1, -0.05) is 0 Å². The number of nitrogens with one attached hydrogen (secondary N) is 1. The first-order valence-electron chi connectivity index (χ1n) is 5.55. The number of rotatable bonds is 3. The number of pyridine rings is 1. The first-order chi connectivity index (χ1) is 7.59. The lowest BCUT2D eigenvalue weighted by Crippen LogP contribution is -2.43. The van der Waals surface area contributed by atoms with Crippen molar-refractivity contribution in [3.8, 4) is 0 Å². The van der Waals surface area contributed by atoms with E-state index in [0.29, 0.717) is 12.1 Å². The normalized spacial score (nSPS) is 23.6. The standard InChI is InChI=1S/C12H17FN2O/c1-12(2)11(4-6-16-12)15-7-9-3-5-14-8-10(9)13/h3,5,8,11,15H,4,6-7H2,1-2H3/t11-/m1/s1. The average Bonchev–Trinajstić information content (AvgIpc) is 2.57. The van der Waals surface area contributed by atoms with Crippen molar-refractivity contribution in [2.75, 3.05) is 6.61 Å². The van der Waals surface area contributed by atoms with Crippen LogP contribution in [-0.2, 0) is 11.3 Å². The minimum atomic E-state index is -0.258. The summed E-state index contributed by atoms with van der Waals surface area (Å²) in [4.78, 5) is 3.73. The van der Waals surface area contributed by atoms with Gasteiger partial charge in [0.2, 0.25) is 0 Å². The Labute approximate surface area is 95.0 Å². The molecule has 1 fully saturated rings. The third kappa shape index (κ3) is 2.39. The van der Waals surface area contributed by atoms with Crippen molar-refractivity contribution in [3.63, 3.8) is 0 Å². The maximum atomic E-state index is 13.3. The van der Waals surface area contributed by atoms with Crippen LogP contribution in [0.3, 0.4) is 0 Å². The fourth-order valence-corrected chi connectivity index (χ4v) is 2.02. The molecule has 1 aliphatic rings. The van der Waals surface area contributed by atoms with E-state index in [1.54, 1.807) is 12.3 Å². The van der Waals surface area contributed by atoms with Crippen LogP contribution in [-0.4, -0.2) is 23.2 Å². The first kappa shape index (κ1) is 11.5. The van der Waals surface area contributed by atoms with Gasteiger partial charge in [0.1, 0.15) is 5.82 Å². The summed E-state index contributed by atoms with van der Waals surface area (Å²) in [5, 5.41) is 3.34. The fraction of sp³-hybridized carbons (Fsp3) is 0.583. The van der Waals surface area contributed by atoms with Crippen LogP contribution in [0.2, 0.25) is 0 Å². The van der Waals surface area contributed by atoms with Crippen LogP contribution in [0.5, 0.6) is 0 Å². The minimum absolute atomic E-state index is 0.163. The van der Waals surface area contributed by atoms with Crippen LogP contribution >= 0.6 is 0 Å². The molecule has 0 saturated carbocycles. The molecule has 0 aromatic carbocycles. The van der Waals surface area contributed by atoms with Crippen molar-refractivity contribution in [1.29, 1.82) is 0 Å². The van der Waals surface area contributed by atoms with E-state index in [2.05, 4.69) is 24.1 Å². The van der Waals surface area contributed by atoms with Crippen LogP contribution in [0, 0.1) is 5.82 Å². The zero-order chi connectivity index (χ0) is 11.6. The van der Waals surface area contributed by atoms with Crippen LogP contribution in [0.25, 0.3) is 0 Å². The summed E-state index contributed by atoms with van der Waals surface area (Å²) in [6.45, 7) is 5.40. The van der Waals surface area contributed by atoms with E-state index < -0.39 is 0 Å².